The van der Waals surface area contributed by atoms with E-state index in [-0.39, 0.29) is 29.6 Å². The molecule has 0 unspecified atom stereocenters. The van der Waals surface area contributed by atoms with Gasteiger partial charge in [0.15, 0.2) is 0 Å². The van der Waals surface area contributed by atoms with Crippen molar-refractivity contribution in [2.45, 2.75) is 26.9 Å². The van der Waals surface area contributed by atoms with E-state index in [2.05, 4.69) is 20.6 Å². The fourth-order valence-electron chi connectivity index (χ4n) is 2.50. The fraction of sp³-hybridized carbons (Fsp3) is 0.250. The highest BCUT2D eigenvalue weighted by Crippen LogP contribution is 2.23. The molecule has 0 atom stereocenters. The van der Waals surface area contributed by atoms with Crippen LogP contribution in [-0.4, -0.2) is 30.8 Å². The number of carbonyl (C=O) groups is 1. The van der Waals surface area contributed by atoms with Crippen molar-refractivity contribution in [1.82, 2.24) is 25.3 Å². The number of amides is 1. The molecule has 0 saturated heterocycles. The van der Waals surface area contributed by atoms with E-state index >= 15 is 0 Å². The standard InChI is InChI=1S/C16H15FN6O3S/c1-9-14(23(25)26)10(2)22(21-9)8-13-19-20-16(27-13)15(24)18-7-11-3-5-12(17)6-4-11/h3-6H,7-8H2,1-2H3,(H,18,24). The van der Waals surface area contributed by atoms with Gasteiger partial charge in [-0.25, -0.2) is 4.39 Å². The summed E-state index contributed by atoms with van der Waals surface area (Å²) in [6.07, 6.45) is 0. The number of aryl methyl sites for hydroxylation is 1. The van der Waals surface area contributed by atoms with Crippen LogP contribution >= 0.6 is 11.3 Å². The first-order valence-corrected chi connectivity index (χ1v) is 8.70. The maximum Gasteiger partial charge on any atom is 0.312 e. The summed E-state index contributed by atoms with van der Waals surface area (Å²) in [6.45, 7) is 3.59. The Labute approximate surface area is 157 Å². The van der Waals surface area contributed by atoms with Crippen LogP contribution in [0.15, 0.2) is 24.3 Å². The number of nitro groups is 1. The van der Waals surface area contributed by atoms with Crippen LogP contribution in [0.1, 0.15) is 31.8 Å². The van der Waals surface area contributed by atoms with E-state index in [0.717, 1.165) is 16.9 Å². The van der Waals surface area contributed by atoms with E-state index < -0.39 is 10.8 Å². The summed E-state index contributed by atoms with van der Waals surface area (Å²) >= 11 is 1.08. The lowest BCUT2D eigenvalue weighted by Gasteiger charge is -2.02. The number of benzene rings is 1. The monoisotopic (exact) mass is 390 g/mol. The summed E-state index contributed by atoms with van der Waals surface area (Å²) < 4.78 is 14.3. The van der Waals surface area contributed by atoms with Crippen molar-refractivity contribution in [1.29, 1.82) is 0 Å². The Morgan fingerprint density at radius 3 is 2.63 bits per heavy atom. The normalized spacial score (nSPS) is 10.8. The van der Waals surface area contributed by atoms with E-state index in [1.54, 1.807) is 26.0 Å². The van der Waals surface area contributed by atoms with E-state index in [9.17, 15) is 19.3 Å². The van der Waals surface area contributed by atoms with E-state index in [1.165, 1.54) is 16.8 Å². The van der Waals surface area contributed by atoms with Crippen LogP contribution in [-0.2, 0) is 13.1 Å². The third kappa shape index (κ3) is 4.14. The van der Waals surface area contributed by atoms with Gasteiger partial charge in [-0.2, -0.15) is 5.10 Å². The Hall–Kier alpha value is -3.21. The summed E-state index contributed by atoms with van der Waals surface area (Å²) in [5, 5.41) is 26.4. The van der Waals surface area contributed by atoms with Crippen LogP contribution in [0.2, 0.25) is 0 Å². The third-order valence-corrected chi connectivity index (χ3v) is 4.75. The van der Waals surface area contributed by atoms with E-state index in [0.29, 0.717) is 16.4 Å². The molecular weight excluding hydrogens is 375 g/mol. The summed E-state index contributed by atoms with van der Waals surface area (Å²) in [7, 11) is 0. The zero-order valence-corrected chi connectivity index (χ0v) is 15.3. The zero-order valence-electron chi connectivity index (χ0n) is 14.5. The number of hydrogen-bond acceptors (Lipinski definition) is 7. The first-order chi connectivity index (χ1) is 12.8. The Kier molecular flexibility index (Phi) is 5.21. The minimum Gasteiger partial charge on any atom is -0.346 e. The van der Waals surface area contributed by atoms with Crippen LogP contribution in [0.25, 0.3) is 0 Å². The lowest BCUT2D eigenvalue weighted by atomic mass is 10.2. The van der Waals surface area contributed by atoms with Crippen molar-refractivity contribution in [2.24, 2.45) is 0 Å². The molecule has 27 heavy (non-hydrogen) atoms. The second kappa shape index (κ2) is 7.58. The molecular formula is C16H15FN6O3S. The van der Waals surface area contributed by atoms with Crippen molar-refractivity contribution in [3.05, 3.63) is 67.2 Å². The van der Waals surface area contributed by atoms with Gasteiger partial charge in [0.1, 0.15) is 22.2 Å². The molecule has 2 heterocycles. The molecule has 3 aromatic rings. The minimum absolute atomic E-state index is 0.0308. The number of rotatable bonds is 6. The molecule has 0 aliphatic carbocycles. The van der Waals surface area contributed by atoms with Crippen LogP contribution < -0.4 is 5.32 Å². The van der Waals surface area contributed by atoms with Crippen molar-refractivity contribution in [2.75, 3.05) is 0 Å². The highest BCUT2D eigenvalue weighted by atomic mass is 32.1. The summed E-state index contributed by atoms with van der Waals surface area (Å²) in [5.41, 5.74) is 1.45. The first kappa shape index (κ1) is 18.6. The maximum atomic E-state index is 12.9. The molecule has 0 fully saturated rings. The number of halogens is 1. The van der Waals surface area contributed by atoms with Gasteiger partial charge in [-0.1, -0.05) is 23.5 Å². The van der Waals surface area contributed by atoms with E-state index in [1.807, 2.05) is 0 Å². The number of hydrogen-bond donors (Lipinski definition) is 1. The fourth-order valence-corrected chi connectivity index (χ4v) is 3.24. The van der Waals surface area contributed by atoms with Gasteiger partial charge >= 0.3 is 5.69 Å². The van der Waals surface area contributed by atoms with Crippen molar-refractivity contribution >= 4 is 22.9 Å². The average molecular weight is 390 g/mol. The largest absolute Gasteiger partial charge is 0.346 e. The van der Waals surface area contributed by atoms with Gasteiger partial charge in [-0.3, -0.25) is 19.6 Å². The molecule has 2 aromatic heterocycles. The Balaban J connectivity index is 1.66. The molecule has 1 N–H and O–H groups in total. The number of nitrogens with zero attached hydrogens (tertiary/aromatic N) is 5. The van der Waals surface area contributed by atoms with Crippen LogP contribution in [0, 0.1) is 29.8 Å². The Morgan fingerprint density at radius 1 is 1.30 bits per heavy atom. The van der Waals surface area contributed by atoms with Crippen molar-refractivity contribution < 1.29 is 14.1 Å². The van der Waals surface area contributed by atoms with Gasteiger partial charge in [-0.15, -0.1) is 10.2 Å². The Bertz CT molecular complexity index is 998. The van der Waals surface area contributed by atoms with Crippen LogP contribution in [0.3, 0.4) is 0 Å². The van der Waals surface area contributed by atoms with Gasteiger partial charge in [0.05, 0.1) is 11.5 Å². The summed E-state index contributed by atoms with van der Waals surface area (Å²) in [6, 6.07) is 5.80. The van der Waals surface area contributed by atoms with Gasteiger partial charge < -0.3 is 5.32 Å². The molecule has 0 spiro atoms. The molecule has 0 saturated carbocycles. The molecule has 1 amide bonds. The van der Waals surface area contributed by atoms with Gasteiger partial charge in [0, 0.05) is 6.54 Å². The number of carbonyl (C=O) groups excluding carboxylic acids is 1. The molecule has 0 bridgehead atoms. The second-order valence-electron chi connectivity index (χ2n) is 5.74. The topological polar surface area (TPSA) is 116 Å². The predicted octanol–water partition coefficient (Wildman–Crippen LogP) is 2.38. The lowest BCUT2D eigenvalue weighted by Crippen LogP contribution is -2.22. The summed E-state index contributed by atoms with van der Waals surface area (Å²) in [4.78, 5) is 22.8. The van der Waals surface area contributed by atoms with E-state index in [4.69, 9.17) is 0 Å². The molecule has 0 aliphatic rings. The van der Waals surface area contributed by atoms with Gasteiger partial charge in [-0.05, 0) is 31.5 Å². The third-order valence-electron chi connectivity index (χ3n) is 3.84. The Morgan fingerprint density at radius 2 is 2.00 bits per heavy atom. The van der Waals surface area contributed by atoms with Crippen LogP contribution in [0.5, 0.6) is 0 Å². The molecule has 3 rings (SSSR count). The molecule has 0 radical (unpaired) electrons. The highest BCUT2D eigenvalue weighted by molar-refractivity contribution is 7.13. The number of aromatic nitrogens is 4. The van der Waals surface area contributed by atoms with Gasteiger partial charge in [0.25, 0.3) is 5.91 Å². The predicted molar refractivity (Wildman–Crippen MR) is 94.9 cm³/mol. The highest BCUT2D eigenvalue weighted by Gasteiger charge is 2.22. The number of nitrogens with one attached hydrogen (secondary N) is 1. The maximum absolute atomic E-state index is 12.9. The summed E-state index contributed by atoms with van der Waals surface area (Å²) in [5.74, 6) is -0.745. The van der Waals surface area contributed by atoms with Crippen molar-refractivity contribution in [3.63, 3.8) is 0 Å². The van der Waals surface area contributed by atoms with Gasteiger partial charge in [0.2, 0.25) is 5.01 Å². The second-order valence-corrected chi connectivity index (χ2v) is 6.81. The molecule has 140 valence electrons. The smallest absolute Gasteiger partial charge is 0.312 e. The minimum atomic E-state index is -0.470. The quantitative estimate of drug-likeness (QED) is 0.510. The van der Waals surface area contributed by atoms with Crippen molar-refractivity contribution in [3.8, 4) is 0 Å². The molecule has 11 heteroatoms. The molecule has 9 nitrogen and oxygen atoms in total. The molecule has 1 aromatic carbocycles. The lowest BCUT2D eigenvalue weighted by molar-refractivity contribution is -0.386. The van der Waals surface area contributed by atoms with Crippen LogP contribution in [0.4, 0.5) is 10.1 Å². The SMILES string of the molecule is Cc1nn(Cc2nnc(C(=O)NCc3ccc(F)cc3)s2)c(C)c1[N+](=O)[O-]. The first-order valence-electron chi connectivity index (χ1n) is 7.88. The molecule has 0 aliphatic heterocycles. The zero-order chi connectivity index (χ0) is 19.6. The average Bonchev–Trinajstić information content (AvgIpc) is 3.19.